The molecule has 2 aromatic carbocycles. The van der Waals surface area contributed by atoms with Gasteiger partial charge in [0.15, 0.2) is 0 Å². The summed E-state index contributed by atoms with van der Waals surface area (Å²) in [5, 5.41) is 9.45. The molecule has 0 heterocycles. The second-order valence-corrected chi connectivity index (χ2v) is 5.79. The molecule has 1 unspecified atom stereocenters. The Morgan fingerprint density at radius 3 is 2.40 bits per heavy atom. The van der Waals surface area contributed by atoms with Gasteiger partial charge in [-0.3, -0.25) is 0 Å². The van der Waals surface area contributed by atoms with Gasteiger partial charge in [0.1, 0.15) is 5.82 Å². The number of nitrogens with zero attached hydrogens (tertiary/aromatic N) is 1. The summed E-state index contributed by atoms with van der Waals surface area (Å²) in [6.45, 7) is 2.25. The number of hydrogen-bond donors (Lipinski definition) is 1. The quantitative estimate of drug-likeness (QED) is 0.900. The largest absolute Gasteiger partial charge is 0.389 e. The van der Waals surface area contributed by atoms with Crippen LogP contribution in [0.25, 0.3) is 0 Å². The molecule has 0 aliphatic heterocycles. The molecule has 1 N–H and O–H groups in total. The van der Waals surface area contributed by atoms with Gasteiger partial charge in [0.25, 0.3) is 0 Å². The number of rotatable bonds is 4. The monoisotopic (exact) mass is 337 g/mol. The minimum Gasteiger partial charge on any atom is -0.389 e. The van der Waals surface area contributed by atoms with Gasteiger partial charge in [-0.1, -0.05) is 34.1 Å². The van der Waals surface area contributed by atoms with E-state index in [1.54, 1.807) is 19.1 Å². The first-order valence-corrected chi connectivity index (χ1v) is 7.20. The van der Waals surface area contributed by atoms with Crippen molar-refractivity contribution >= 4 is 21.6 Å². The molecule has 106 valence electrons. The van der Waals surface area contributed by atoms with Crippen molar-refractivity contribution in [2.24, 2.45) is 0 Å². The Bertz CT molecular complexity index is 584. The van der Waals surface area contributed by atoms with E-state index in [2.05, 4.69) is 15.9 Å². The van der Waals surface area contributed by atoms with Gasteiger partial charge in [-0.05, 0) is 42.3 Å². The zero-order valence-corrected chi connectivity index (χ0v) is 13.1. The minimum absolute atomic E-state index is 0.317. The molecular weight excluding hydrogens is 321 g/mol. The van der Waals surface area contributed by atoms with Gasteiger partial charge in [-0.2, -0.15) is 0 Å². The highest BCUT2D eigenvalue weighted by atomic mass is 79.9. The lowest BCUT2D eigenvalue weighted by Gasteiger charge is -2.21. The highest BCUT2D eigenvalue weighted by molar-refractivity contribution is 9.10. The number of anilines is 1. The highest BCUT2D eigenvalue weighted by Gasteiger charge is 2.11. The zero-order valence-electron chi connectivity index (χ0n) is 11.5. The van der Waals surface area contributed by atoms with E-state index >= 15 is 0 Å². The van der Waals surface area contributed by atoms with Crippen LogP contribution in [0, 0.1) is 5.82 Å². The molecular formula is C16H17BrFNO. The van der Waals surface area contributed by atoms with E-state index in [0.29, 0.717) is 17.8 Å². The summed E-state index contributed by atoms with van der Waals surface area (Å²) < 4.78 is 15.1. The van der Waals surface area contributed by atoms with Crippen LogP contribution in [0.15, 0.2) is 46.9 Å². The fourth-order valence-electron chi connectivity index (χ4n) is 2.04. The highest BCUT2D eigenvalue weighted by Crippen LogP contribution is 2.24. The number of hydrogen-bond acceptors (Lipinski definition) is 2. The smallest absolute Gasteiger partial charge is 0.146 e. The summed E-state index contributed by atoms with van der Waals surface area (Å²) in [7, 11) is 1.85. The van der Waals surface area contributed by atoms with Crippen LogP contribution in [-0.2, 0) is 6.54 Å². The lowest BCUT2D eigenvalue weighted by atomic mass is 10.1. The molecule has 0 radical (unpaired) electrons. The second kappa shape index (κ2) is 6.37. The molecule has 20 heavy (non-hydrogen) atoms. The number of halogens is 2. The maximum absolute atomic E-state index is 14.1. The summed E-state index contributed by atoms with van der Waals surface area (Å²) >= 11 is 3.39. The van der Waals surface area contributed by atoms with Crippen LogP contribution < -0.4 is 4.90 Å². The minimum atomic E-state index is -0.657. The summed E-state index contributed by atoms with van der Waals surface area (Å²) in [6, 6.07) is 12.8. The van der Waals surface area contributed by atoms with E-state index in [0.717, 1.165) is 10.0 Å². The van der Waals surface area contributed by atoms with Crippen molar-refractivity contribution in [1.29, 1.82) is 0 Å². The normalized spacial score (nSPS) is 12.2. The molecule has 2 rings (SSSR count). The Kier molecular flexibility index (Phi) is 4.78. The SMILES string of the molecule is CC(O)c1ccc(N(C)Cc2ccc(Br)cc2)c(F)c1. The van der Waals surface area contributed by atoms with E-state index in [-0.39, 0.29) is 5.82 Å². The fourth-order valence-corrected chi connectivity index (χ4v) is 2.31. The molecule has 2 aromatic rings. The second-order valence-electron chi connectivity index (χ2n) is 4.87. The van der Waals surface area contributed by atoms with Crippen LogP contribution in [0.4, 0.5) is 10.1 Å². The topological polar surface area (TPSA) is 23.5 Å². The van der Waals surface area contributed by atoms with E-state index < -0.39 is 6.10 Å². The number of aliphatic hydroxyl groups excluding tert-OH is 1. The summed E-state index contributed by atoms with van der Waals surface area (Å²) in [5.74, 6) is -0.317. The summed E-state index contributed by atoms with van der Waals surface area (Å²) in [4.78, 5) is 1.85. The Morgan fingerprint density at radius 1 is 1.20 bits per heavy atom. The van der Waals surface area contributed by atoms with E-state index in [4.69, 9.17) is 0 Å². The first-order chi connectivity index (χ1) is 9.47. The third-order valence-electron chi connectivity index (χ3n) is 3.20. The lowest BCUT2D eigenvalue weighted by molar-refractivity contribution is 0.199. The molecule has 0 saturated carbocycles. The molecule has 0 aliphatic rings. The average molecular weight is 338 g/mol. The molecule has 0 bridgehead atoms. The lowest BCUT2D eigenvalue weighted by Crippen LogP contribution is -2.17. The first kappa shape index (κ1) is 15.0. The molecule has 0 saturated heterocycles. The van der Waals surface area contributed by atoms with Gasteiger partial charge in [0, 0.05) is 18.1 Å². The van der Waals surface area contributed by atoms with Gasteiger partial charge >= 0.3 is 0 Å². The first-order valence-electron chi connectivity index (χ1n) is 6.40. The molecule has 0 amide bonds. The Hall–Kier alpha value is -1.39. The van der Waals surface area contributed by atoms with Crippen molar-refractivity contribution in [3.8, 4) is 0 Å². The Labute approximate surface area is 127 Å². The van der Waals surface area contributed by atoms with Crippen LogP contribution in [0.2, 0.25) is 0 Å². The van der Waals surface area contributed by atoms with Crippen LogP contribution in [0.3, 0.4) is 0 Å². The molecule has 2 nitrogen and oxygen atoms in total. The maximum atomic E-state index is 14.1. The van der Waals surface area contributed by atoms with E-state index in [9.17, 15) is 9.50 Å². The maximum Gasteiger partial charge on any atom is 0.146 e. The van der Waals surface area contributed by atoms with Gasteiger partial charge in [-0.15, -0.1) is 0 Å². The number of aliphatic hydroxyl groups is 1. The average Bonchev–Trinajstić information content (AvgIpc) is 2.41. The van der Waals surface area contributed by atoms with Gasteiger partial charge in [0.2, 0.25) is 0 Å². The van der Waals surface area contributed by atoms with Gasteiger partial charge in [0.05, 0.1) is 11.8 Å². The van der Waals surface area contributed by atoms with Crippen LogP contribution in [0.1, 0.15) is 24.2 Å². The van der Waals surface area contributed by atoms with Crippen molar-refractivity contribution in [2.45, 2.75) is 19.6 Å². The predicted molar refractivity (Wildman–Crippen MR) is 83.3 cm³/mol. The van der Waals surface area contributed by atoms with Crippen molar-refractivity contribution in [3.05, 3.63) is 63.9 Å². The van der Waals surface area contributed by atoms with Crippen LogP contribution >= 0.6 is 15.9 Å². The standard InChI is InChI=1S/C16H17BrFNO/c1-11(20)13-5-8-16(15(18)9-13)19(2)10-12-3-6-14(17)7-4-12/h3-9,11,20H,10H2,1-2H3. The van der Waals surface area contributed by atoms with Crippen LogP contribution in [-0.4, -0.2) is 12.2 Å². The third kappa shape index (κ3) is 3.58. The van der Waals surface area contributed by atoms with E-state index in [1.165, 1.54) is 6.07 Å². The van der Waals surface area contributed by atoms with Crippen molar-refractivity contribution in [2.75, 3.05) is 11.9 Å². The molecule has 1 atom stereocenters. The third-order valence-corrected chi connectivity index (χ3v) is 3.73. The fraction of sp³-hybridized carbons (Fsp3) is 0.250. The predicted octanol–water partition coefficient (Wildman–Crippen LogP) is 4.28. The van der Waals surface area contributed by atoms with Crippen LogP contribution in [0.5, 0.6) is 0 Å². The molecule has 0 aromatic heterocycles. The molecule has 4 heteroatoms. The number of benzene rings is 2. The summed E-state index contributed by atoms with van der Waals surface area (Å²) in [6.07, 6.45) is -0.657. The van der Waals surface area contributed by atoms with Crippen molar-refractivity contribution < 1.29 is 9.50 Å². The van der Waals surface area contributed by atoms with Crippen molar-refractivity contribution in [3.63, 3.8) is 0 Å². The van der Waals surface area contributed by atoms with E-state index in [1.807, 2.05) is 36.2 Å². The Morgan fingerprint density at radius 2 is 1.85 bits per heavy atom. The Balaban J connectivity index is 2.16. The zero-order chi connectivity index (χ0) is 14.7. The summed E-state index contributed by atoms with van der Waals surface area (Å²) in [5.41, 5.74) is 2.22. The molecule has 0 aliphatic carbocycles. The van der Waals surface area contributed by atoms with Gasteiger partial charge < -0.3 is 10.0 Å². The van der Waals surface area contributed by atoms with Gasteiger partial charge in [-0.25, -0.2) is 4.39 Å². The molecule has 0 fully saturated rings. The molecule has 0 spiro atoms. The van der Waals surface area contributed by atoms with Crippen molar-refractivity contribution in [1.82, 2.24) is 0 Å².